The molecule has 0 spiro atoms. The van der Waals surface area contributed by atoms with Crippen molar-refractivity contribution in [2.24, 2.45) is 5.92 Å². The number of esters is 1. The van der Waals surface area contributed by atoms with Gasteiger partial charge in [-0.05, 0) is 37.6 Å². The summed E-state index contributed by atoms with van der Waals surface area (Å²) >= 11 is 0. The molecule has 0 aliphatic heterocycles. The second-order valence-corrected chi connectivity index (χ2v) is 4.26. The van der Waals surface area contributed by atoms with E-state index in [4.69, 9.17) is 10.00 Å². The molecule has 0 radical (unpaired) electrons. The van der Waals surface area contributed by atoms with Gasteiger partial charge in [-0.2, -0.15) is 5.26 Å². The van der Waals surface area contributed by atoms with Gasteiger partial charge in [-0.25, -0.2) is 4.79 Å². The summed E-state index contributed by atoms with van der Waals surface area (Å²) in [7, 11) is 0. The summed E-state index contributed by atoms with van der Waals surface area (Å²) in [5.41, 5.74) is 0.981. The number of hydrogen-bond donors (Lipinski definition) is 1. The van der Waals surface area contributed by atoms with Crippen LogP contribution in [0.3, 0.4) is 0 Å². The quantitative estimate of drug-likeness (QED) is 0.809. The van der Waals surface area contributed by atoms with E-state index in [9.17, 15) is 9.59 Å². The number of anilines is 1. The summed E-state index contributed by atoms with van der Waals surface area (Å²) in [6, 6.07) is 8.37. The fourth-order valence-electron chi connectivity index (χ4n) is 1.68. The normalized spacial score (nSPS) is 11.2. The molecule has 1 aromatic carbocycles. The molecule has 1 unspecified atom stereocenters. The summed E-state index contributed by atoms with van der Waals surface area (Å²) in [5.74, 6) is -1.37. The zero-order valence-electron chi connectivity index (χ0n) is 11.7. The lowest BCUT2D eigenvalue weighted by atomic mass is 10.0. The summed E-state index contributed by atoms with van der Waals surface area (Å²) in [5, 5.41) is 11.6. The van der Waals surface area contributed by atoms with Crippen LogP contribution in [0, 0.1) is 17.2 Å². The van der Waals surface area contributed by atoms with Crippen LogP contribution in [0.2, 0.25) is 0 Å². The first kappa shape index (κ1) is 15.7. The van der Waals surface area contributed by atoms with E-state index >= 15 is 0 Å². The van der Waals surface area contributed by atoms with Crippen LogP contribution in [0.5, 0.6) is 0 Å². The van der Waals surface area contributed by atoms with Crippen LogP contribution in [0.25, 0.3) is 0 Å². The Labute approximate surface area is 118 Å². The number of benzene rings is 1. The molecule has 1 amide bonds. The minimum absolute atomic E-state index is 0.318. The lowest BCUT2D eigenvalue weighted by molar-refractivity contribution is -0.118. The zero-order valence-corrected chi connectivity index (χ0v) is 11.7. The van der Waals surface area contributed by atoms with Crippen LogP contribution in [0.4, 0.5) is 5.69 Å². The number of nitrogens with one attached hydrogen (secondary N) is 1. The molecule has 106 valence electrons. The Morgan fingerprint density at radius 2 is 1.95 bits per heavy atom. The lowest BCUT2D eigenvalue weighted by Crippen LogP contribution is -2.21. The molecule has 5 heteroatoms. The number of ether oxygens (including phenoxy) is 1. The smallest absolute Gasteiger partial charge is 0.338 e. The van der Waals surface area contributed by atoms with Gasteiger partial charge in [0.2, 0.25) is 5.91 Å². The number of hydrogen-bond acceptors (Lipinski definition) is 4. The summed E-state index contributed by atoms with van der Waals surface area (Å²) in [4.78, 5) is 23.3. The predicted molar refractivity (Wildman–Crippen MR) is 75.0 cm³/mol. The van der Waals surface area contributed by atoms with Crippen molar-refractivity contribution >= 4 is 17.6 Å². The van der Waals surface area contributed by atoms with Gasteiger partial charge in [0.05, 0.1) is 18.2 Å². The van der Waals surface area contributed by atoms with E-state index in [-0.39, 0.29) is 5.91 Å². The third-order valence-electron chi connectivity index (χ3n) is 2.71. The van der Waals surface area contributed by atoms with Crippen LogP contribution in [0.15, 0.2) is 24.3 Å². The number of rotatable bonds is 6. The molecule has 0 saturated carbocycles. The number of nitrogens with zero attached hydrogens (tertiary/aromatic N) is 1. The minimum atomic E-state index is -0.648. The van der Waals surface area contributed by atoms with Gasteiger partial charge in [0.25, 0.3) is 0 Å². The van der Waals surface area contributed by atoms with Crippen molar-refractivity contribution in [1.82, 2.24) is 0 Å². The first-order valence-electron chi connectivity index (χ1n) is 6.60. The van der Waals surface area contributed by atoms with Gasteiger partial charge >= 0.3 is 5.97 Å². The van der Waals surface area contributed by atoms with Gasteiger partial charge in [0.1, 0.15) is 5.92 Å². The Morgan fingerprint density at radius 3 is 2.45 bits per heavy atom. The number of carbonyl (C=O) groups is 2. The molecule has 1 N–H and O–H groups in total. The van der Waals surface area contributed by atoms with Crippen molar-refractivity contribution < 1.29 is 14.3 Å². The van der Waals surface area contributed by atoms with E-state index < -0.39 is 11.9 Å². The largest absolute Gasteiger partial charge is 0.462 e. The SMILES string of the molecule is CCCC(C#N)C(=O)Nc1ccc(C(=O)OCC)cc1. The highest BCUT2D eigenvalue weighted by Crippen LogP contribution is 2.13. The highest BCUT2D eigenvalue weighted by molar-refractivity contribution is 5.95. The number of nitriles is 1. The van der Waals surface area contributed by atoms with E-state index in [1.54, 1.807) is 31.2 Å². The topological polar surface area (TPSA) is 79.2 Å². The Hall–Kier alpha value is -2.35. The van der Waals surface area contributed by atoms with E-state index in [0.717, 1.165) is 6.42 Å². The lowest BCUT2D eigenvalue weighted by Gasteiger charge is -2.09. The molecule has 0 aromatic heterocycles. The molecule has 1 rings (SSSR count). The molecule has 0 fully saturated rings. The van der Waals surface area contributed by atoms with E-state index in [1.165, 1.54) is 0 Å². The van der Waals surface area contributed by atoms with Gasteiger partial charge in [0, 0.05) is 5.69 Å². The molecule has 1 aromatic rings. The van der Waals surface area contributed by atoms with Crippen LogP contribution in [0.1, 0.15) is 37.0 Å². The van der Waals surface area contributed by atoms with Crippen LogP contribution in [-0.4, -0.2) is 18.5 Å². The van der Waals surface area contributed by atoms with Gasteiger partial charge in [-0.15, -0.1) is 0 Å². The molecule has 1 atom stereocenters. The van der Waals surface area contributed by atoms with Gasteiger partial charge in [-0.3, -0.25) is 4.79 Å². The van der Waals surface area contributed by atoms with E-state index in [1.807, 2.05) is 13.0 Å². The monoisotopic (exact) mass is 274 g/mol. The molecular weight excluding hydrogens is 256 g/mol. The van der Waals surface area contributed by atoms with Gasteiger partial charge in [-0.1, -0.05) is 13.3 Å². The van der Waals surface area contributed by atoms with E-state index in [0.29, 0.717) is 24.3 Å². The van der Waals surface area contributed by atoms with Crippen LogP contribution < -0.4 is 5.32 Å². The molecule has 5 nitrogen and oxygen atoms in total. The Balaban J connectivity index is 2.68. The average Bonchev–Trinajstić information content (AvgIpc) is 2.45. The Kier molecular flexibility index (Phi) is 6.24. The number of carbonyl (C=O) groups excluding carboxylic acids is 2. The predicted octanol–water partition coefficient (Wildman–Crippen LogP) is 2.74. The first-order valence-corrected chi connectivity index (χ1v) is 6.60. The van der Waals surface area contributed by atoms with Crippen molar-refractivity contribution in [3.05, 3.63) is 29.8 Å². The molecule has 0 aliphatic carbocycles. The molecule has 0 aliphatic rings. The fraction of sp³-hybridized carbons (Fsp3) is 0.400. The van der Waals surface area contributed by atoms with Gasteiger partial charge < -0.3 is 10.1 Å². The Bertz CT molecular complexity index is 503. The molecule has 20 heavy (non-hydrogen) atoms. The number of amides is 1. The second kappa shape index (κ2) is 7.95. The highest BCUT2D eigenvalue weighted by Gasteiger charge is 2.16. The first-order chi connectivity index (χ1) is 9.62. The minimum Gasteiger partial charge on any atom is -0.462 e. The summed E-state index contributed by atoms with van der Waals surface area (Å²) in [6.07, 6.45) is 1.30. The maximum Gasteiger partial charge on any atom is 0.338 e. The van der Waals surface area contributed by atoms with Crippen LogP contribution in [-0.2, 0) is 9.53 Å². The van der Waals surface area contributed by atoms with Crippen molar-refractivity contribution in [1.29, 1.82) is 5.26 Å². The molecular formula is C15H18N2O3. The van der Waals surface area contributed by atoms with Gasteiger partial charge in [0.15, 0.2) is 0 Å². The van der Waals surface area contributed by atoms with Crippen molar-refractivity contribution in [3.63, 3.8) is 0 Å². The molecule has 0 heterocycles. The maximum atomic E-state index is 11.8. The van der Waals surface area contributed by atoms with Crippen LogP contribution >= 0.6 is 0 Å². The maximum absolute atomic E-state index is 11.8. The Morgan fingerprint density at radius 1 is 1.30 bits per heavy atom. The van der Waals surface area contributed by atoms with Crippen molar-refractivity contribution in [2.75, 3.05) is 11.9 Å². The van der Waals surface area contributed by atoms with Crippen molar-refractivity contribution in [3.8, 4) is 6.07 Å². The fourth-order valence-corrected chi connectivity index (χ4v) is 1.68. The summed E-state index contributed by atoms with van der Waals surface area (Å²) in [6.45, 7) is 3.98. The van der Waals surface area contributed by atoms with E-state index in [2.05, 4.69) is 5.32 Å². The molecule has 0 saturated heterocycles. The standard InChI is InChI=1S/C15H18N2O3/c1-3-5-12(10-16)14(18)17-13-8-6-11(7-9-13)15(19)20-4-2/h6-9,12H,3-5H2,1-2H3,(H,17,18). The zero-order chi connectivity index (χ0) is 15.0. The average molecular weight is 274 g/mol. The highest BCUT2D eigenvalue weighted by atomic mass is 16.5. The third-order valence-corrected chi connectivity index (χ3v) is 2.71. The van der Waals surface area contributed by atoms with Crippen molar-refractivity contribution in [2.45, 2.75) is 26.7 Å². The summed E-state index contributed by atoms with van der Waals surface area (Å²) < 4.78 is 4.87. The second-order valence-electron chi connectivity index (χ2n) is 4.26. The third kappa shape index (κ3) is 4.39. The molecule has 0 bridgehead atoms.